The van der Waals surface area contributed by atoms with Crippen LogP contribution in [0.15, 0.2) is 97.1 Å². The molecule has 1 amide bonds. The van der Waals surface area contributed by atoms with Gasteiger partial charge in [0.25, 0.3) is 0 Å². The molecule has 8 rings (SSSR count). The molecule has 352 valence electrons. The SMILES string of the molecule is CCOC(C)=O.CN1C[C@H](Cc2ccc(Cl)cc2)N(C2CCN(C(=O)OC(C)(C)C)CC2)Cc2ccccc21.CN1C[C@H](Cc2ccc(Cl)cc2)N(C2CCNCC2)Cc2ccccc21. The van der Waals surface area contributed by atoms with E-state index in [4.69, 9.17) is 27.9 Å². The van der Waals surface area contributed by atoms with Crippen LogP contribution < -0.4 is 15.1 Å². The summed E-state index contributed by atoms with van der Waals surface area (Å²) in [5.41, 5.74) is 7.73. The molecule has 12 heteroatoms. The summed E-state index contributed by atoms with van der Waals surface area (Å²) in [6, 6.07) is 36.2. The first-order valence-corrected chi connectivity index (χ1v) is 24.3. The summed E-state index contributed by atoms with van der Waals surface area (Å²) < 4.78 is 10.0. The highest BCUT2D eigenvalue weighted by atomic mass is 35.5. The third-order valence-corrected chi connectivity index (χ3v) is 13.4. The molecule has 0 bridgehead atoms. The molecule has 2 atom stereocenters. The molecular weight excluding hydrogens is 856 g/mol. The van der Waals surface area contributed by atoms with Gasteiger partial charge in [-0.15, -0.1) is 0 Å². The number of nitrogens with zero attached hydrogens (tertiary/aromatic N) is 5. The zero-order valence-corrected chi connectivity index (χ0v) is 41.3. The number of fused-ring (bicyclic) bond motifs is 2. The third kappa shape index (κ3) is 14.8. The molecule has 4 aliphatic heterocycles. The summed E-state index contributed by atoms with van der Waals surface area (Å²) >= 11 is 12.2. The lowest BCUT2D eigenvalue weighted by atomic mass is 9.97. The molecule has 10 nitrogen and oxygen atoms in total. The first-order valence-electron chi connectivity index (χ1n) is 23.6. The number of halogens is 2. The molecule has 0 aliphatic carbocycles. The monoisotopic (exact) mass is 926 g/mol. The number of amides is 1. The number of para-hydroxylation sites is 2. The molecule has 4 aromatic rings. The van der Waals surface area contributed by atoms with Gasteiger partial charge in [-0.3, -0.25) is 14.6 Å². The Bertz CT molecular complexity index is 2100. The van der Waals surface area contributed by atoms with Crippen LogP contribution in [0.2, 0.25) is 10.0 Å². The highest BCUT2D eigenvalue weighted by Crippen LogP contribution is 2.33. The molecule has 4 aromatic carbocycles. The smallest absolute Gasteiger partial charge is 0.410 e. The molecular formula is C53H72Cl2N6O4. The summed E-state index contributed by atoms with van der Waals surface area (Å²) in [5.74, 6) is -0.211. The van der Waals surface area contributed by atoms with Gasteiger partial charge < -0.3 is 29.5 Å². The van der Waals surface area contributed by atoms with Crippen molar-refractivity contribution in [2.24, 2.45) is 0 Å². The Kier molecular flexibility index (Phi) is 18.4. The first-order chi connectivity index (χ1) is 31.2. The second kappa shape index (κ2) is 23.9. The van der Waals surface area contributed by atoms with E-state index in [9.17, 15) is 9.59 Å². The van der Waals surface area contributed by atoms with Gasteiger partial charge in [0.2, 0.25) is 0 Å². The average Bonchev–Trinajstić information content (AvgIpc) is 3.52. The normalized spacial score (nSPS) is 19.9. The van der Waals surface area contributed by atoms with Gasteiger partial charge in [-0.2, -0.15) is 0 Å². The van der Waals surface area contributed by atoms with Crippen molar-refractivity contribution in [3.05, 3.63) is 129 Å². The predicted molar refractivity (Wildman–Crippen MR) is 267 cm³/mol. The number of carbonyl (C=O) groups excluding carboxylic acids is 2. The number of benzene rings is 4. The van der Waals surface area contributed by atoms with Crippen molar-refractivity contribution < 1.29 is 19.1 Å². The van der Waals surface area contributed by atoms with Gasteiger partial charge >= 0.3 is 12.1 Å². The lowest BCUT2D eigenvalue weighted by Gasteiger charge is -2.42. The molecule has 0 radical (unpaired) electrons. The fourth-order valence-corrected chi connectivity index (χ4v) is 10.0. The minimum absolute atomic E-state index is 0.195. The maximum Gasteiger partial charge on any atom is 0.410 e. The van der Waals surface area contributed by atoms with E-state index in [1.54, 1.807) is 6.92 Å². The van der Waals surface area contributed by atoms with E-state index < -0.39 is 5.60 Å². The van der Waals surface area contributed by atoms with E-state index in [1.807, 2.05) is 49.9 Å². The quantitative estimate of drug-likeness (QED) is 0.182. The van der Waals surface area contributed by atoms with Crippen molar-refractivity contribution in [1.29, 1.82) is 0 Å². The van der Waals surface area contributed by atoms with Gasteiger partial charge in [-0.25, -0.2) is 4.79 Å². The Morgan fingerprint density at radius 2 is 1.09 bits per heavy atom. The lowest BCUT2D eigenvalue weighted by molar-refractivity contribution is -0.140. The number of esters is 1. The van der Waals surface area contributed by atoms with Crippen LogP contribution in [-0.4, -0.2) is 117 Å². The second-order valence-electron chi connectivity index (χ2n) is 18.9. The number of likely N-dealkylation sites (tertiary alicyclic amines) is 1. The van der Waals surface area contributed by atoms with Crippen LogP contribution in [0.4, 0.5) is 16.2 Å². The van der Waals surface area contributed by atoms with Crippen molar-refractivity contribution in [3.63, 3.8) is 0 Å². The fourth-order valence-electron chi connectivity index (χ4n) is 9.78. The van der Waals surface area contributed by atoms with Crippen molar-refractivity contribution >= 4 is 46.6 Å². The van der Waals surface area contributed by atoms with E-state index in [1.165, 1.54) is 53.4 Å². The third-order valence-electron chi connectivity index (χ3n) is 12.9. The molecule has 2 saturated heterocycles. The van der Waals surface area contributed by atoms with Crippen LogP contribution in [0.5, 0.6) is 0 Å². The number of ether oxygens (including phenoxy) is 2. The van der Waals surface area contributed by atoms with Gasteiger partial charge in [0.1, 0.15) is 5.60 Å². The number of rotatable bonds is 7. The summed E-state index contributed by atoms with van der Waals surface area (Å²) in [6.45, 7) is 17.1. The van der Waals surface area contributed by atoms with Crippen LogP contribution in [0, 0.1) is 0 Å². The van der Waals surface area contributed by atoms with Crippen LogP contribution in [-0.2, 0) is 40.2 Å². The van der Waals surface area contributed by atoms with E-state index in [0.29, 0.717) is 30.8 Å². The molecule has 0 aromatic heterocycles. The van der Waals surface area contributed by atoms with Crippen molar-refractivity contribution in [2.45, 2.75) is 116 Å². The number of likely N-dealkylation sites (N-methyl/N-ethyl adjacent to an activating group) is 2. The van der Waals surface area contributed by atoms with E-state index >= 15 is 0 Å². The van der Waals surface area contributed by atoms with Gasteiger partial charge in [-0.1, -0.05) is 83.9 Å². The Labute approximate surface area is 399 Å². The number of anilines is 2. The minimum atomic E-state index is -0.462. The number of piperidine rings is 2. The highest BCUT2D eigenvalue weighted by molar-refractivity contribution is 6.30. The Morgan fingerprint density at radius 3 is 1.49 bits per heavy atom. The zero-order valence-electron chi connectivity index (χ0n) is 39.8. The number of hydrogen-bond acceptors (Lipinski definition) is 9. The second-order valence-corrected chi connectivity index (χ2v) is 19.8. The Morgan fingerprint density at radius 1 is 0.662 bits per heavy atom. The average molecular weight is 928 g/mol. The maximum atomic E-state index is 12.6. The van der Waals surface area contributed by atoms with Gasteiger partial charge in [0.05, 0.1) is 6.61 Å². The topological polar surface area (TPSA) is 80.8 Å². The van der Waals surface area contributed by atoms with Crippen molar-refractivity contribution in [1.82, 2.24) is 20.0 Å². The number of nitrogens with one attached hydrogen (secondary N) is 1. The fraction of sp³-hybridized carbons (Fsp3) is 0.509. The largest absolute Gasteiger partial charge is 0.466 e. The minimum Gasteiger partial charge on any atom is -0.466 e. The van der Waals surface area contributed by atoms with E-state index in [2.05, 4.69) is 117 Å². The summed E-state index contributed by atoms with van der Waals surface area (Å²) in [4.78, 5) is 34.5. The van der Waals surface area contributed by atoms with Crippen LogP contribution in [0.1, 0.15) is 82.6 Å². The number of carbonyl (C=O) groups is 2. The summed E-state index contributed by atoms with van der Waals surface area (Å²) in [5, 5.41) is 5.10. The summed E-state index contributed by atoms with van der Waals surface area (Å²) in [6.07, 6.45) is 6.25. The van der Waals surface area contributed by atoms with Gasteiger partial charge in [-0.05, 0) is 138 Å². The van der Waals surface area contributed by atoms with Crippen LogP contribution >= 0.6 is 23.2 Å². The standard InChI is InChI=1S/C27H36ClN3O2.C22H28ClN3.C4H8O2/c1-27(2,3)33-26(32)30-15-13-23(14-16-30)31-18-21-7-5-6-8-25(21)29(4)19-24(31)17-20-9-11-22(28)12-10-20;1-25-16-21(14-17-6-8-19(23)9-7-17)26(20-10-12-24-13-11-20)15-18-4-2-3-5-22(18)25;1-3-6-4(2)5/h5-12,23-24H,13-19H2,1-4H3;2-9,20-21,24H,10-16H2,1H3;3H2,1-2H3/t24-;21-;/m00./s1. The Hall–Kier alpha value is -4.32. The van der Waals surface area contributed by atoms with E-state index in [0.717, 1.165) is 88.1 Å². The van der Waals surface area contributed by atoms with Gasteiger partial charge in [0, 0.05) is 106 Å². The van der Waals surface area contributed by atoms with Gasteiger partial charge in [0.15, 0.2) is 0 Å². The summed E-state index contributed by atoms with van der Waals surface area (Å²) in [7, 11) is 4.43. The number of hydrogen-bond donors (Lipinski definition) is 1. The predicted octanol–water partition coefficient (Wildman–Crippen LogP) is 10.1. The van der Waals surface area contributed by atoms with E-state index in [-0.39, 0.29) is 12.1 Å². The molecule has 0 unspecified atom stereocenters. The molecule has 65 heavy (non-hydrogen) atoms. The Balaban J connectivity index is 0.000000195. The zero-order chi connectivity index (χ0) is 46.5. The van der Waals surface area contributed by atoms with Crippen LogP contribution in [0.25, 0.3) is 0 Å². The molecule has 2 fully saturated rings. The molecule has 0 spiro atoms. The molecule has 4 aliphatic rings. The lowest BCUT2D eigenvalue weighted by Crippen LogP contribution is -2.52. The molecule has 4 heterocycles. The molecule has 1 N–H and O–H groups in total. The highest BCUT2D eigenvalue weighted by Gasteiger charge is 2.36. The van der Waals surface area contributed by atoms with Crippen molar-refractivity contribution in [3.8, 4) is 0 Å². The maximum absolute atomic E-state index is 12.6. The molecule has 0 saturated carbocycles. The first kappa shape index (κ1) is 50.1. The van der Waals surface area contributed by atoms with Crippen molar-refractivity contribution in [2.75, 3.05) is 69.8 Å². The van der Waals surface area contributed by atoms with Crippen LogP contribution in [0.3, 0.4) is 0 Å².